The molecule has 0 heterocycles. The number of hydrogen-bond acceptors (Lipinski definition) is 6. The average Bonchev–Trinajstić information content (AvgIpc) is 3.40. The second-order valence-corrected chi connectivity index (χ2v) is 20.2. The third kappa shape index (κ3) is 59.0. The van der Waals surface area contributed by atoms with Crippen molar-refractivity contribution in [1.82, 2.24) is 0 Å². The van der Waals surface area contributed by atoms with Crippen LogP contribution in [0.5, 0.6) is 0 Å². The monoisotopic (exact) mass is 1030 g/mol. The van der Waals surface area contributed by atoms with Gasteiger partial charge in [-0.2, -0.15) is 0 Å². The molecule has 6 heteroatoms. The summed E-state index contributed by atoms with van der Waals surface area (Å²) in [5.41, 5.74) is 0. The largest absolute Gasteiger partial charge is 0.462 e. The first-order valence-electron chi connectivity index (χ1n) is 30.9. The number of carbonyl (C=O) groups is 3. The molecule has 0 rings (SSSR count). The Hall–Kier alpha value is -3.93. The van der Waals surface area contributed by atoms with E-state index in [0.717, 1.165) is 135 Å². The SMILES string of the molecule is CC/C=C\C/C=C\C/C=C\C/C=C\C/C=C\C/C=C\C/C=C\C/C=C\C/C=C\CCCCCCCC(=O)OCC(COC(=O)CCCCCCCCCCCC)OC(=O)CCCCCCCCCCCCCCC. The van der Waals surface area contributed by atoms with Crippen LogP contribution in [0.25, 0.3) is 0 Å². The van der Waals surface area contributed by atoms with Gasteiger partial charge >= 0.3 is 17.9 Å². The van der Waals surface area contributed by atoms with Crippen molar-refractivity contribution in [3.63, 3.8) is 0 Å². The molecule has 0 radical (unpaired) electrons. The van der Waals surface area contributed by atoms with Crippen molar-refractivity contribution in [2.75, 3.05) is 13.2 Å². The smallest absolute Gasteiger partial charge is 0.306 e. The van der Waals surface area contributed by atoms with Gasteiger partial charge in [-0.3, -0.25) is 14.4 Å². The summed E-state index contributed by atoms with van der Waals surface area (Å²) in [6.45, 7) is 6.51. The van der Waals surface area contributed by atoms with Crippen LogP contribution in [0.15, 0.2) is 109 Å². The third-order valence-corrected chi connectivity index (χ3v) is 13.0. The molecule has 0 saturated heterocycles. The summed E-state index contributed by atoms with van der Waals surface area (Å²) in [7, 11) is 0. The summed E-state index contributed by atoms with van der Waals surface area (Å²) in [6.07, 6.45) is 83.8. The standard InChI is InChI=1S/C68H114O6/c1-4-7-10-13-16-19-22-24-25-26-27-28-29-30-31-32-33-34-35-36-37-38-39-40-41-42-43-45-46-49-52-55-58-61-67(70)73-64-65(63-72-66(69)60-57-54-51-48-21-18-15-12-9-6-3)74-68(71)62-59-56-53-50-47-44-23-20-17-14-11-8-5-2/h7,10,16,19,24-25,27-28,30-31,33-34,36-37,39-40,42-43,65H,4-6,8-9,11-15,17-18,20-23,26,29,32,35,38,41,44-64H2,1-3H3/b10-7-,19-16-,25-24-,28-27-,31-30-,34-33-,37-36-,40-39-,43-42-. The molecular formula is C68H114O6. The Balaban J connectivity index is 4.23. The van der Waals surface area contributed by atoms with Crippen molar-refractivity contribution in [2.45, 2.75) is 290 Å². The topological polar surface area (TPSA) is 78.9 Å². The van der Waals surface area contributed by atoms with E-state index < -0.39 is 6.10 Å². The van der Waals surface area contributed by atoms with E-state index in [-0.39, 0.29) is 31.1 Å². The number of esters is 3. The van der Waals surface area contributed by atoms with Crippen molar-refractivity contribution >= 4 is 17.9 Å². The van der Waals surface area contributed by atoms with Crippen LogP contribution in [-0.2, 0) is 28.6 Å². The molecule has 1 atom stereocenters. The second kappa shape index (κ2) is 61.6. The van der Waals surface area contributed by atoms with Gasteiger partial charge in [-0.05, 0) is 89.9 Å². The minimum atomic E-state index is -0.782. The Morgan fingerprint density at radius 2 is 0.527 bits per heavy atom. The highest BCUT2D eigenvalue weighted by molar-refractivity contribution is 5.71. The van der Waals surface area contributed by atoms with E-state index in [1.165, 1.54) is 109 Å². The minimum Gasteiger partial charge on any atom is -0.462 e. The third-order valence-electron chi connectivity index (χ3n) is 13.0. The molecule has 0 aromatic rings. The summed E-state index contributed by atoms with van der Waals surface area (Å²) in [5.74, 6) is -0.897. The quantitative estimate of drug-likeness (QED) is 0.0261. The molecule has 0 aliphatic carbocycles. The van der Waals surface area contributed by atoms with E-state index in [2.05, 4.69) is 130 Å². The first-order valence-corrected chi connectivity index (χ1v) is 30.9. The Labute approximate surface area is 457 Å². The summed E-state index contributed by atoms with van der Waals surface area (Å²) < 4.78 is 16.8. The number of unbranched alkanes of at least 4 members (excludes halogenated alkanes) is 26. The van der Waals surface area contributed by atoms with Crippen LogP contribution in [-0.4, -0.2) is 37.2 Å². The summed E-state index contributed by atoms with van der Waals surface area (Å²) in [4.78, 5) is 38.1. The molecule has 0 aliphatic heterocycles. The van der Waals surface area contributed by atoms with Gasteiger partial charge in [-0.1, -0.05) is 284 Å². The van der Waals surface area contributed by atoms with Gasteiger partial charge in [0.05, 0.1) is 0 Å². The van der Waals surface area contributed by atoms with Crippen molar-refractivity contribution < 1.29 is 28.6 Å². The van der Waals surface area contributed by atoms with Crippen molar-refractivity contribution in [2.24, 2.45) is 0 Å². The summed E-state index contributed by atoms with van der Waals surface area (Å²) in [5, 5.41) is 0. The molecule has 0 aromatic carbocycles. The van der Waals surface area contributed by atoms with Crippen LogP contribution in [0.4, 0.5) is 0 Å². The zero-order valence-corrected chi connectivity index (χ0v) is 48.3. The summed E-state index contributed by atoms with van der Waals surface area (Å²) in [6, 6.07) is 0. The molecule has 6 nitrogen and oxygen atoms in total. The molecule has 1 unspecified atom stereocenters. The zero-order chi connectivity index (χ0) is 53.6. The number of ether oxygens (including phenoxy) is 3. The molecule has 422 valence electrons. The highest BCUT2D eigenvalue weighted by atomic mass is 16.6. The second-order valence-electron chi connectivity index (χ2n) is 20.2. The number of carbonyl (C=O) groups excluding carboxylic acids is 3. The van der Waals surface area contributed by atoms with E-state index in [4.69, 9.17) is 14.2 Å². The van der Waals surface area contributed by atoms with E-state index in [1.807, 2.05) is 0 Å². The molecule has 0 saturated carbocycles. The lowest BCUT2D eigenvalue weighted by molar-refractivity contribution is -0.167. The number of allylic oxidation sites excluding steroid dienone is 18. The molecule has 0 N–H and O–H groups in total. The molecule has 0 spiro atoms. The van der Waals surface area contributed by atoms with E-state index in [9.17, 15) is 14.4 Å². The number of rotatable bonds is 55. The van der Waals surface area contributed by atoms with Crippen LogP contribution in [0.1, 0.15) is 284 Å². The predicted molar refractivity (Wildman–Crippen MR) is 320 cm³/mol. The molecule has 0 fully saturated rings. The van der Waals surface area contributed by atoms with Gasteiger partial charge in [0.2, 0.25) is 0 Å². The van der Waals surface area contributed by atoms with Gasteiger partial charge in [0.1, 0.15) is 13.2 Å². The predicted octanol–water partition coefficient (Wildman–Crippen LogP) is 21.0. The maximum Gasteiger partial charge on any atom is 0.306 e. The fourth-order valence-electron chi connectivity index (χ4n) is 8.44. The fourth-order valence-corrected chi connectivity index (χ4v) is 8.44. The lowest BCUT2D eigenvalue weighted by Crippen LogP contribution is -2.30. The van der Waals surface area contributed by atoms with Gasteiger partial charge in [0.15, 0.2) is 6.10 Å². The van der Waals surface area contributed by atoms with Crippen molar-refractivity contribution in [1.29, 1.82) is 0 Å². The summed E-state index contributed by atoms with van der Waals surface area (Å²) >= 11 is 0. The van der Waals surface area contributed by atoms with Gasteiger partial charge in [0.25, 0.3) is 0 Å². The molecular weight excluding hydrogens is 913 g/mol. The normalized spacial score (nSPS) is 12.9. The van der Waals surface area contributed by atoms with E-state index >= 15 is 0 Å². The molecule has 0 amide bonds. The highest BCUT2D eigenvalue weighted by Crippen LogP contribution is 2.16. The van der Waals surface area contributed by atoms with Crippen LogP contribution >= 0.6 is 0 Å². The van der Waals surface area contributed by atoms with Crippen LogP contribution < -0.4 is 0 Å². The molecule has 0 bridgehead atoms. The highest BCUT2D eigenvalue weighted by Gasteiger charge is 2.19. The first kappa shape index (κ1) is 70.1. The zero-order valence-electron chi connectivity index (χ0n) is 48.3. The maximum atomic E-state index is 12.8. The Morgan fingerprint density at radius 3 is 0.824 bits per heavy atom. The Kier molecular flexibility index (Phi) is 58.3. The van der Waals surface area contributed by atoms with Crippen LogP contribution in [0.3, 0.4) is 0 Å². The molecule has 0 aliphatic rings. The Morgan fingerprint density at radius 1 is 0.284 bits per heavy atom. The van der Waals surface area contributed by atoms with Gasteiger partial charge in [0, 0.05) is 19.3 Å². The minimum absolute atomic E-state index is 0.0807. The van der Waals surface area contributed by atoms with Crippen LogP contribution in [0, 0.1) is 0 Å². The van der Waals surface area contributed by atoms with E-state index in [0.29, 0.717) is 19.3 Å². The van der Waals surface area contributed by atoms with Crippen LogP contribution in [0.2, 0.25) is 0 Å². The number of hydrogen-bond donors (Lipinski definition) is 0. The van der Waals surface area contributed by atoms with Gasteiger partial charge < -0.3 is 14.2 Å². The fraction of sp³-hybridized carbons (Fsp3) is 0.691. The molecule has 0 aromatic heterocycles. The van der Waals surface area contributed by atoms with Crippen molar-refractivity contribution in [3.05, 3.63) is 109 Å². The van der Waals surface area contributed by atoms with Crippen molar-refractivity contribution in [3.8, 4) is 0 Å². The van der Waals surface area contributed by atoms with Gasteiger partial charge in [-0.15, -0.1) is 0 Å². The Bertz CT molecular complexity index is 1510. The van der Waals surface area contributed by atoms with Gasteiger partial charge in [-0.25, -0.2) is 0 Å². The first-order chi connectivity index (χ1) is 36.5. The van der Waals surface area contributed by atoms with E-state index in [1.54, 1.807) is 0 Å². The average molecular weight is 1030 g/mol. The maximum absolute atomic E-state index is 12.8. The lowest BCUT2D eigenvalue weighted by atomic mass is 10.0. The lowest BCUT2D eigenvalue weighted by Gasteiger charge is -2.18. The molecule has 74 heavy (non-hydrogen) atoms.